The van der Waals surface area contributed by atoms with Crippen LogP contribution < -0.4 is 10.0 Å². The van der Waals surface area contributed by atoms with E-state index in [0.717, 1.165) is 17.7 Å². The predicted octanol–water partition coefficient (Wildman–Crippen LogP) is 3.99. The Labute approximate surface area is 197 Å². The Morgan fingerprint density at radius 1 is 1.09 bits per heavy atom. The van der Waals surface area contributed by atoms with Gasteiger partial charge in [-0.3, -0.25) is 4.79 Å². The van der Waals surface area contributed by atoms with Gasteiger partial charge in [-0.05, 0) is 54.2 Å². The summed E-state index contributed by atoms with van der Waals surface area (Å²) in [4.78, 5) is 11.5. The van der Waals surface area contributed by atoms with Gasteiger partial charge >= 0.3 is 12.4 Å². The minimum Gasteiger partial charge on any atom is -0.392 e. The first-order chi connectivity index (χ1) is 16.2. The molecule has 6 nitrogen and oxygen atoms in total. The molecular formula is C22H22F6N2O4S. The van der Waals surface area contributed by atoms with Crippen LogP contribution in [-0.4, -0.2) is 31.6 Å². The van der Waals surface area contributed by atoms with Gasteiger partial charge in [0.1, 0.15) is 6.04 Å². The van der Waals surface area contributed by atoms with Gasteiger partial charge in [-0.25, -0.2) is 8.42 Å². The van der Waals surface area contributed by atoms with Crippen LogP contribution in [0.1, 0.15) is 47.6 Å². The number of halogens is 6. The summed E-state index contributed by atoms with van der Waals surface area (Å²) >= 11 is 0. The first-order valence-electron chi connectivity index (χ1n) is 10.5. The van der Waals surface area contributed by atoms with Gasteiger partial charge in [0, 0.05) is 0 Å². The Morgan fingerprint density at radius 2 is 1.80 bits per heavy atom. The van der Waals surface area contributed by atoms with Crippen LogP contribution >= 0.6 is 0 Å². The highest BCUT2D eigenvalue weighted by Gasteiger charge is 2.44. The van der Waals surface area contributed by atoms with E-state index in [2.05, 4.69) is 5.32 Å². The zero-order valence-corrected chi connectivity index (χ0v) is 18.9. The van der Waals surface area contributed by atoms with E-state index in [0.29, 0.717) is 36.5 Å². The molecule has 0 bridgehead atoms. The number of amides is 1. The Morgan fingerprint density at radius 3 is 2.43 bits per heavy atom. The summed E-state index contributed by atoms with van der Waals surface area (Å²) in [6.45, 7) is -0.191. The molecule has 0 saturated carbocycles. The largest absolute Gasteiger partial charge is 0.416 e. The zero-order chi connectivity index (χ0) is 26.0. The van der Waals surface area contributed by atoms with Crippen LogP contribution in [0.3, 0.4) is 0 Å². The summed E-state index contributed by atoms with van der Waals surface area (Å²) in [5.74, 6) is -1.08. The fraction of sp³-hybridized carbons (Fsp3) is 0.409. The monoisotopic (exact) mass is 524 g/mol. The first-order valence-corrected chi connectivity index (χ1v) is 12.0. The molecule has 3 N–H and O–H groups in total. The molecule has 0 aromatic heterocycles. The van der Waals surface area contributed by atoms with Crippen molar-refractivity contribution < 1.29 is 44.7 Å². The van der Waals surface area contributed by atoms with E-state index >= 15 is 0 Å². The van der Waals surface area contributed by atoms with Crippen molar-refractivity contribution in [2.24, 2.45) is 0 Å². The lowest BCUT2D eigenvalue weighted by Crippen LogP contribution is -2.48. The molecule has 2 aromatic rings. The van der Waals surface area contributed by atoms with Crippen LogP contribution in [0.4, 0.5) is 26.3 Å². The average molecular weight is 524 g/mol. The summed E-state index contributed by atoms with van der Waals surface area (Å²) in [5.41, 5.74) is 0.833. The molecule has 2 atom stereocenters. The van der Waals surface area contributed by atoms with Gasteiger partial charge < -0.3 is 10.4 Å². The third-order valence-electron chi connectivity index (χ3n) is 5.59. The van der Waals surface area contributed by atoms with E-state index in [1.807, 2.05) is 0 Å². The predicted molar refractivity (Wildman–Crippen MR) is 112 cm³/mol. The van der Waals surface area contributed by atoms with E-state index in [9.17, 15) is 44.7 Å². The van der Waals surface area contributed by atoms with E-state index in [-0.39, 0.29) is 12.7 Å². The average Bonchev–Trinajstić information content (AvgIpc) is 2.77. The molecular weight excluding hydrogens is 502 g/mol. The van der Waals surface area contributed by atoms with E-state index in [1.165, 1.54) is 4.72 Å². The van der Waals surface area contributed by atoms with Crippen molar-refractivity contribution >= 4 is 15.9 Å². The molecule has 13 heteroatoms. The first kappa shape index (κ1) is 27.0. The van der Waals surface area contributed by atoms with Crippen LogP contribution in [0, 0.1) is 0 Å². The van der Waals surface area contributed by atoms with Crippen molar-refractivity contribution in [3.63, 3.8) is 0 Å². The van der Waals surface area contributed by atoms with Crippen molar-refractivity contribution in [2.45, 2.75) is 61.6 Å². The normalized spacial score (nSPS) is 17.5. The second kappa shape index (κ2) is 10.2. The number of aryl methyl sites for hydroxylation is 1. The number of aliphatic hydroxyl groups is 1. The van der Waals surface area contributed by atoms with Crippen molar-refractivity contribution in [1.82, 2.24) is 10.0 Å². The van der Waals surface area contributed by atoms with Crippen molar-refractivity contribution in [1.29, 1.82) is 0 Å². The number of aliphatic hydroxyl groups excluding tert-OH is 1. The smallest absolute Gasteiger partial charge is 0.392 e. The minimum atomic E-state index is -5.19. The standard InChI is InChI=1S/C22H22F6N2O4S/c23-21(24,25)15-4-2-5-16(10-15)35(33,34)30-19(22(26,27)28)11-20(32)29-18-6-1-3-14-9-13(12-31)7-8-17(14)18/h2,4-5,7-10,18-19,30-31H,1,3,6,11-12H2,(H,29,32)/t18?,19-/m1/s1. The molecule has 3 rings (SSSR count). The molecule has 0 aliphatic heterocycles. The Balaban J connectivity index is 1.77. The third kappa shape index (κ3) is 6.73. The SMILES string of the molecule is O=C(C[C@@H](NS(=O)(=O)c1cccc(C(F)(F)F)c1)C(F)(F)F)NC1CCCc2cc(CO)ccc21. The fourth-order valence-electron chi connectivity index (χ4n) is 3.87. The van der Waals surface area contributed by atoms with Crippen LogP contribution in [0.2, 0.25) is 0 Å². The molecule has 1 unspecified atom stereocenters. The van der Waals surface area contributed by atoms with Gasteiger partial charge in [-0.1, -0.05) is 24.3 Å². The lowest BCUT2D eigenvalue weighted by atomic mass is 9.86. The maximum Gasteiger partial charge on any atom is 0.416 e. The van der Waals surface area contributed by atoms with E-state index in [1.54, 1.807) is 18.2 Å². The van der Waals surface area contributed by atoms with Crippen molar-refractivity contribution in [3.8, 4) is 0 Å². The van der Waals surface area contributed by atoms with Crippen LogP contribution in [0.5, 0.6) is 0 Å². The van der Waals surface area contributed by atoms with Crippen LogP contribution in [0.25, 0.3) is 0 Å². The molecule has 192 valence electrons. The molecule has 1 aliphatic carbocycles. The van der Waals surface area contributed by atoms with Gasteiger partial charge in [0.05, 0.1) is 29.5 Å². The number of fused-ring (bicyclic) bond motifs is 1. The van der Waals surface area contributed by atoms with E-state index < -0.39 is 57.2 Å². The van der Waals surface area contributed by atoms with Gasteiger partial charge in [0.25, 0.3) is 0 Å². The number of sulfonamides is 1. The molecule has 0 fully saturated rings. The molecule has 1 aliphatic rings. The number of rotatable bonds is 7. The molecule has 0 saturated heterocycles. The molecule has 1 amide bonds. The maximum atomic E-state index is 13.6. The van der Waals surface area contributed by atoms with Gasteiger partial charge in [0.2, 0.25) is 15.9 Å². The molecule has 2 aromatic carbocycles. The number of alkyl halides is 6. The molecule has 0 spiro atoms. The summed E-state index contributed by atoms with van der Waals surface area (Å²) in [6.07, 6.45) is -9.64. The molecule has 35 heavy (non-hydrogen) atoms. The quantitative estimate of drug-likeness (QED) is 0.478. The van der Waals surface area contributed by atoms with Gasteiger partial charge in [-0.2, -0.15) is 31.1 Å². The summed E-state index contributed by atoms with van der Waals surface area (Å²) < 4.78 is 106. The molecule has 0 heterocycles. The Hall–Kier alpha value is -2.64. The maximum absolute atomic E-state index is 13.6. The Bertz CT molecular complexity index is 1180. The summed E-state index contributed by atoms with van der Waals surface area (Å²) in [7, 11) is -5.03. The fourth-order valence-corrected chi connectivity index (χ4v) is 5.14. The minimum absolute atomic E-state index is 0.191. The number of nitrogens with one attached hydrogen (secondary N) is 2. The second-order valence-corrected chi connectivity index (χ2v) is 9.86. The summed E-state index contributed by atoms with van der Waals surface area (Å²) in [5, 5.41) is 11.8. The highest BCUT2D eigenvalue weighted by atomic mass is 32.2. The molecule has 0 radical (unpaired) electrons. The summed E-state index contributed by atoms with van der Waals surface area (Å²) in [6, 6.07) is 3.87. The zero-order valence-electron chi connectivity index (χ0n) is 18.1. The van der Waals surface area contributed by atoms with E-state index in [4.69, 9.17) is 0 Å². The van der Waals surface area contributed by atoms with Crippen molar-refractivity contribution in [3.05, 3.63) is 64.7 Å². The topological polar surface area (TPSA) is 95.5 Å². The van der Waals surface area contributed by atoms with Gasteiger partial charge in [-0.15, -0.1) is 0 Å². The lowest BCUT2D eigenvalue weighted by Gasteiger charge is -2.28. The number of hydrogen-bond donors (Lipinski definition) is 3. The van der Waals surface area contributed by atoms with Crippen molar-refractivity contribution in [2.75, 3.05) is 0 Å². The third-order valence-corrected chi connectivity index (χ3v) is 7.06. The number of hydrogen-bond acceptors (Lipinski definition) is 4. The van der Waals surface area contributed by atoms with Gasteiger partial charge in [0.15, 0.2) is 0 Å². The van der Waals surface area contributed by atoms with Crippen LogP contribution in [-0.2, 0) is 34.0 Å². The highest BCUT2D eigenvalue weighted by Crippen LogP contribution is 2.33. The number of benzene rings is 2. The second-order valence-electron chi connectivity index (χ2n) is 8.15. The van der Waals surface area contributed by atoms with Crippen LogP contribution in [0.15, 0.2) is 47.4 Å². The number of carbonyl (C=O) groups excluding carboxylic acids is 1. The lowest BCUT2D eigenvalue weighted by molar-refractivity contribution is -0.158. The highest BCUT2D eigenvalue weighted by molar-refractivity contribution is 7.89. The number of carbonyl (C=O) groups is 1. The Kier molecular flexibility index (Phi) is 7.82.